The van der Waals surface area contributed by atoms with Crippen LogP contribution in [-0.2, 0) is 24.4 Å². The second-order valence-corrected chi connectivity index (χ2v) is 11.4. The van der Waals surface area contributed by atoms with Crippen LogP contribution >= 0.6 is 11.6 Å². The molecule has 0 aromatic heterocycles. The minimum atomic E-state index is -3.99. The zero-order valence-electron chi connectivity index (χ0n) is 18.1. The van der Waals surface area contributed by atoms with Crippen molar-refractivity contribution in [2.24, 2.45) is 23.7 Å². The van der Waals surface area contributed by atoms with Crippen molar-refractivity contribution in [2.45, 2.75) is 24.3 Å². The summed E-state index contributed by atoms with van der Waals surface area (Å²) < 4.78 is 29.1. The number of Topliss-reactive ketones (excluding diaryl/α,β-unsaturated/α-hetero) is 1. The Labute approximate surface area is 197 Å². The molecular weight excluding hydrogens is 464 g/mol. The Morgan fingerprint density at radius 1 is 0.939 bits per heavy atom. The molecule has 3 aliphatic rings. The number of hydrogen-bond donors (Lipinski definition) is 0. The average Bonchev–Trinajstić information content (AvgIpc) is 3.28. The number of nitrogens with zero attached hydrogens (tertiary/aromatic N) is 2. The standard InChI is InChI=1S/C24H23ClN2O5S/c1-13-5-3-4-6-19(13)33(31,32)27-12-17-20-16(23(29)26(2)24(20)30)11-18(28)21(17)22(27)14-7-9-15(25)10-8-14/h3-10,16-17,20-22H,11-12H2,1-2H3/t16-,17-,20-,21?,22-/m0/s1. The van der Waals surface area contributed by atoms with Crippen molar-refractivity contribution in [1.82, 2.24) is 9.21 Å². The number of ketones is 1. The first-order chi connectivity index (χ1) is 15.6. The van der Waals surface area contributed by atoms with Gasteiger partial charge in [0.15, 0.2) is 0 Å². The van der Waals surface area contributed by atoms with E-state index in [4.69, 9.17) is 11.6 Å². The van der Waals surface area contributed by atoms with E-state index in [-0.39, 0.29) is 35.5 Å². The van der Waals surface area contributed by atoms with Crippen LogP contribution in [0.4, 0.5) is 0 Å². The molecule has 2 aliphatic heterocycles. The molecule has 33 heavy (non-hydrogen) atoms. The summed E-state index contributed by atoms with van der Waals surface area (Å²) in [5.41, 5.74) is 1.24. The third-order valence-corrected chi connectivity index (χ3v) is 9.60. The molecule has 0 spiro atoms. The lowest BCUT2D eigenvalue weighted by Crippen LogP contribution is -2.42. The summed E-state index contributed by atoms with van der Waals surface area (Å²) in [4.78, 5) is 40.2. The molecule has 1 saturated carbocycles. The van der Waals surface area contributed by atoms with Crippen LogP contribution in [-0.4, -0.2) is 48.8 Å². The number of carbonyl (C=O) groups excluding carboxylic acids is 3. The van der Waals surface area contributed by atoms with Crippen molar-refractivity contribution >= 4 is 39.2 Å². The molecule has 5 rings (SSSR count). The number of sulfonamides is 1. The van der Waals surface area contributed by atoms with Gasteiger partial charge in [-0.1, -0.05) is 41.9 Å². The number of imide groups is 1. The maximum absolute atomic E-state index is 13.9. The van der Waals surface area contributed by atoms with Crippen LogP contribution in [0.2, 0.25) is 5.02 Å². The Bertz CT molecular complexity index is 1280. The summed E-state index contributed by atoms with van der Waals surface area (Å²) in [6, 6.07) is 12.7. The average molecular weight is 487 g/mol. The lowest BCUT2D eigenvalue weighted by molar-refractivity contribution is -0.138. The summed E-state index contributed by atoms with van der Waals surface area (Å²) in [7, 11) is -2.57. The third-order valence-electron chi connectivity index (χ3n) is 7.35. The number of aryl methyl sites for hydroxylation is 1. The van der Waals surface area contributed by atoms with E-state index >= 15 is 0 Å². The third kappa shape index (κ3) is 3.26. The van der Waals surface area contributed by atoms with Crippen LogP contribution in [0.5, 0.6) is 0 Å². The maximum Gasteiger partial charge on any atom is 0.243 e. The molecular formula is C24H23ClN2O5S. The van der Waals surface area contributed by atoms with Gasteiger partial charge in [0.25, 0.3) is 0 Å². The van der Waals surface area contributed by atoms with Gasteiger partial charge in [-0.25, -0.2) is 8.42 Å². The quantitative estimate of drug-likeness (QED) is 0.622. The molecule has 9 heteroatoms. The van der Waals surface area contributed by atoms with E-state index in [2.05, 4.69) is 0 Å². The normalized spacial score (nSPS) is 30.0. The predicted octanol–water partition coefficient (Wildman–Crippen LogP) is 2.83. The van der Waals surface area contributed by atoms with Crippen LogP contribution in [0.15, 0.2) is 53.4 Å². The smallest absolute Gasteiger partial charge is 0.243 e. The Hall–Kier alpha value is -2.55. The van der Waals surface area contributed by atoms with Gasteiger partial charge < -0.3 is 0 Å². The number of fused-ring (bicyclic) bond motifs is 3. The van der Waals surface area contributed by atoms with Crippen molar-refractivity contribution in [3.8, 4) is 0 Å². The lowest BCUT2D eigenvalue weighted by Gasteiger charge is -2.33. The van der Waals surface area contributed by atoms with E-state index in [0.717, 1.165) is 4.90 Å². The highest BCUT2D eigenvalue weighted by Gasteiger charge is 2.63. The number of amides is 2. The summed E-state index contributed by atoms with van der Waals surface area (Å²) in [6.07, 6.45) is -0.0525. The number of benzene rings is 2. The number of rotatable bonds is 3. The van der Waals surface area contributed by atoms with Gasteiger partial charge in [-0.05, 0) is 42.2 Å². The molecule has 2 aromatic carbocycles. The van der Waals surface area contributed by atoms with Crippen LogP contribution < -0.4 is 0 Å². The van der Waals surface area contributed by atoms with Crippen LogP contribution in [0.1, 0.15) is 23.6 Å². The topological polar surface area (TPSA) is 91.8 Å². The molecule has 2 saturated heterocycles. The van der Waals surface area contributed by atoms with Gasteiger partial charge in [-0.3, -0.25) is 19.3 Å². The Morgan fingerprint density at radius 2 is 1.61 bits per heavy atom. The Morgan fingerprint density at radius 3 is 2.27 bits per heavy atom. The van der Waals surface area contributed by atoms with Crippen LogP contribution in [0, 0.1) is 30.6 Å². The first-order valence-electron chi connectivity index (χ1n) is 10.8. The lowest BCUT2D eigenvalue weighted by atomic mass is 9.66. The zero-order chi connectivity index (χ0) is 23.7. The highest BCUT2D eigenvalue weighted by Crippen LogP contribution is 2.54. The zero-order valence-corrected chi connectivity index (χ0v) is 19.7. The number of hydrogen-bond acceptors (Lipinski definition) is 5. The first-order valence-corrected chi connectivity index (χ1v) is 12.6. The second kappa shape index (κ2) is 7.75. The fraction of sp³-hybridized carbons (Fsp3) is 0.375. The molecule has 1 unspecified atom stereocenters. The van der Waals surface area contributed by atoms with Crippen molar-refractivity contribution in [3.05, 3.63) is 64.7 Å². The van der Waals surface area contributed by atoms with Crippen LogP contribution in [0.25, 0.3) is 0 Å². The van der Waals surface area contributed by atoms with E-state index in [0.29, 0.717) is 16.1 Å². The summed E-state index contributed by atoms with van der Waals surface area (Å²) >= 11 is 6.07. The summed E-state index contributed by atoms with van der Waals surface area (Å²) in [6.45, 7) is 1.72. The SMILES string of the molecule is Cc1ccccc1S(=O)(=O)N1C[C@@H]2C(C(=O)C[C@@H]3C(=O)N(C)C(=O)[C@@H]32)[C@@H]1c1ccc(Cl)cc1. The van der Waals surface area contributed by atoms with Crippen molar-refractivity contribution in [1.29, 1.82) is 0 Å². The Kier molecular flexibility index (Phi) is 5.23. The number of halogens is 1. The number of likely N-dealkylation sites (tertiary alicyclic amines) is 1. The van der Waals surface area contributed by atoms with Crippen LogP contribution in [0.3, 0.4) is 0 Å². The number of carbonyl (C=O) groups is 3. The van der Waals surface area contributed by atoms with Crippen molar-refractivity contribution < 1.29 is 22.8 Å². The molecule has 2 amide bonds. The largest absolute Gasteiger partial charge is 0.299 e. The summed E-state index contributed by atoms with van der Waals surface area (Å²) in [5.74, 6) is -3.58. The van der Waals surface area contributed by atoms with Gasteiger partial charge in [-0.15, -0.1) is 0 Å². The molecule has 5 atom stereocenters. The summed E-state index contributed by atoms with van der Waals surface area (Å²) in [5, 5.41) is 0.495. The van der Waals surface area contributed by atoms with E-state index in [1.165, 1.54) is 11.4 Å². The van der Waals surface area contributed by atoms with E-state index < -0.39 is 39.7 Å². The highest BCUT2D eigenvalue weighted by atomic mass is 35.5. The maximum atomic E-state index is 13.9. The molecule has 0 N–H and O–H groups in total. The predicted molar refractivity (Wildman–Crippen MR) is 121 cm³/mol. The fourth-order valence-electron chi connectivity index (χ4n) is 5.81. The molecule has 172 valence electrons. The van der Waals surface area contributed by atoms with E-state index in [9.17, 15) is 22.8 Å². The van der Waals surface area contributed by atoms with Gasteiger partial charge in [0.05, 0.1) is 22.8 Å². The second-order valence-electron chi connectivity index (χ2n) is 9.06. The molecule has 2 aromatic rings. The van der Waals surface area contributed by atoms with Crippen molar-refractivity contribution in [2.75, 3.05) is 13.6 Å². The molecule has 2 heterocycles. The molecule has 0 radical (unpaired) electrons. The molecule has 0 bridgehead atoms. The van der Waals surface area contributed by atoms with Gasteiger partial charge in [0, 0.05) is 31.0 Å². The van der Waals surface area contributed by atoms with Gasteiger partial charge in [0.2, 0.25) is 21.8 Å². The van der Waals surface area contributed by atoms with E-state index in [1.807, 2.05) is 0 Å². The first kappa shape index (κ1) is 22.3. The fourth-order valence-corrected chi connectivity index (χ4v) is 7.83. The van der Waals surface area contributed by atoms with Crippen molar-refractivity contribution in [3.63, 3.8) is 0 Å². The Balaban J connectivity index is 1.67. The monoisotopic (exact) mass is 486 g/mol. The van der Waals surface area contributed by atoms with Gasteiger partial charge >= 0.3 is 0 Å². The minimum absolute atomic E-state index is 0.00556. The van der Waals surface area contributed by atoms with Gasteiger partial charge in [-0.2, -0.15) is 4.31 Å². The minimum Gasteiger partial charge on any atom is -0.299 e. The highest BCUT2D eigenvalue weighted by molar-refractivity contribution is 7.89. The molecule has 3 fully saturated rings. The van der Waals surface area contributed by atoms with E-state index in [1.54, 1.807) is 55.5 Å². The van der Waals surface area contributed by atoms with Gasteiger partial charge in [0.1, 0.15) is 5.78 Å². The molecule has 1 aliphatic carbocycles. The molecule has 7 nitrogen and oxygen atoms in total.